The Morgan fingerprint density at radius 2 is 1.60 bits per heavy atom. The Hall–Kier alpha value is -4.52. The molecule has 1 aliphatic rings. The van der Waals surface area contributed by atoms with Crippen LogP contribution < -0.4 is 4.74 Å². The van der Waals surface area contributed by atoms with E-state index in [0.29, 0.717) is 34.7 Å². The number of Topliss-reactive ketones (excluding diaryl/α,β-unsaturated/α-hetero) is 1. The van der Waals surface area contributed by atoms with Crippen LogP contribution in [0.25, 0.3) is 33.3 Å². The molecule has 1 aliphatic heterocycles. The fourth-order valence-corrected chi connectivity index (χ4v) is 4.21. The summed E-state index contributed by atoms with van der Waals surface area (Å²) in [6.45, 7) is 3.89. The molecule has 5 aromatic rings. The molecule has 35 heavy (non-hydrogen) atoms. The lowest BCUT2D eigenvalue weighted by atomic mass is 9.92. The van der Waals surface area contributed by atoms with Gasteiger partial charge in [0.05, 0.1) is 16.8 Å². The second-order valence-corrected chi connectivity index (χ2v) is 8.92. The highest BCUT2D eigenvalue weighted by Gasteiger charge is 2.42. The average molecular weight is 463 g/mol. The van der Waals surface area contributed by atoms with Crippen molar-refractivity contribution in [1.82, 2.24) is 15.3 Å². The Balaban J connectivity index is 1.28. The summed E-state index contributed by atoms with van der Waals surface area (Å²) in [7, 11) is 0. The van der Waals surface area contributed by atoms with Gasteiger partial charge in [-0.15, -0.1) is 0 Å². The maximum Gasteiger partial charge on any atom is 0.210 e. The van der Waals surface area contributed by atoms with Crippen molar-refractivity contribution in [1.29, 1.82) is 0 Å². The molecule has 0 spiro atoms. The molecular formula is C28H21N3O4. The topological polar surface area (TPSA) is 87.3 Å². The minimum absolute atomic E-state index is 0.0834. The lowest BCUT2D eigenvalue weighted by molar-refractivity contribution is -0.125. The van der Waals surface area contributed by atoms with Gasteiger partial charge in [0.1, 0.15) is 29.1 Å². The van der Waals surface area contributed by atoms with Gasteiger partial charge in [-0.1, -0.05) is 36.4 Å². The molecule has 6 rings (SSSR count). The predicted octanol–water partition coefficient (Wildman–Crippen LogP) is 5.60. The molecule has 3 heterocycles. The van der Waals surface area contributed by atoms with Crippen LogP contribution in [0.2, 0.25) is 0 Å². The summed E-state index contributed by atoms with van der Waals surface area (Å²) < 4.78 is 16.9. The number of carbonyl (C=O) groups excluding carboxylic acids is 1. The summed E-state index contributed by atoms with van der Waals surface area (Å²) in [6.07, 6.45) is 0. The Labute approximate surface area is 201 Å². The van der Waals surface area contributed by atoms with Gasteiger partial charge in [0.2, 0.25) is 5.78 Å². The number of aromatic nitrogens is 3. The lowest BCUT2D eigenvalue weighted by Gasteiger charge is -2.17. The van der Waals surface area contributed by atoms with E-state index in [4.69, 9.17) is 14.1 Å². The highest BCUT2D eigenvalue weighted by Crippen LogP contribution is 2.42. The number of para-hydroxylation sites is 1. The van der Waals surface area contributed by atoms with Gasteiger partial charge >= 0.3 is 0 Å². The van der Waals surface area contributed by atoms with E-state index in [1.807, 2.05) is 72.8 Å². The van der Waals surface area contributed by atoms with Crippen LogP contribution in [0.5, 0.6) is 5.75 Å². The van der Waals surface area contributed by atoms with Crippen LogP contribution in [-0.4, -0.2) is 26.7 Å². The van der Waals surface area contributed by atoms with E-state index in [9.17, 15) is 4.79 Å². The van der Waals surface area contributed by atoms with Crippen LogP contribution in [-0.2, 0) is 16.1 Å². The molecule has 172 valence electrons. The third-order valence-corrected chi connectivity index (χ3v) is 6.06. The fourth-order valence-electron chi connectivity index (χ4n) is 4.21. The van der Waals surface area contributed by atoms with Crippen LogP contribution in [0.4, 0.5) is 0 Å². The molecule has 7 heteroatoms. The van der Waals surface area contributed by atoms with E-state index in [-0.39, 0.29) is 5.78 Å². The Bertz CT molecular complexity index is 1620. The van der Waals surface area contributed by atoms with Gasteiger partial charge in [0.15, 0.2) is 5.60 Å². The number of rotatable bonds is 5. The third kappa shape index (κ3) is 3.81. The van der Waals surface area contributed by atoms with Crippen molar-refractivity contribution in [2.45, 2.75) is 26.1 Å². The standard InChI is InChI=1S/C28H21N3O4/c1-28(2)27(32)25(26(34-28)19-10-14-23-24(15-19)31-35-30-23)18-8-12-21(13-9-18)33-16-20-11-7-17-5-3-4-6-22(17)29-20/h3-15H,16H2,1-2H3. The maximum absolute atomic E-state index is 13.3. The van der Waals surface area contributed by atoms with Crippen molar-refractivity contribution in [3.8, 4) is 5.75 Å². The number of nitrogens with zero attached hydrogens (tertiary/aromatic N) is 3. The first kappa shape index (κ1) is 21.0. The second-order valence-electron chi connectivity index (χ2n) is 8.92. The molecule has 3 aromatic carbocycles. The van der Waals surface area contributed by atoms with E-state index in [1.54, 1.807) is 19.9 Å². The number of benzene rings is 3. The zero-order chi connectivity index (χ0) is 24.0. The van der Waals surface area contributed by atoms with Crippen molar-refractivity contribution < 1.29 is 18.9 Å². The molecule has 0 saturated carbocycles. The predicted molar refractivity (Wildman–Crippen MR) is 131 cm³/mol. The van der Waals surface area contributed by atoms with Crippen molar-refractivity contribution in [3.63, 3.8) is 0 Å². The summed E-state index contributed by atoms with van der Waals surface area (Å²) in [4.78, 5) is 17.9. The van der Waals surface area contributed by atoms with Gasteiger partial charge in [-0.3, -0.25) is 4.79 Å². The molecule has 0 N–H and O–H groups in total. The van der Waals surface area contributed by atoms with Gasteiger partial charge in [0, 0.05) is 10.9 Å². The summed E-state index contributed by atoms with van der Waals surface area (Å²) in [5, 5.41) is 8.84. The molecule has 0 unspecified atom stereocenters. The summed E-state index contributed by atoms with van der Waals surface area (Å²) in [6, 6.07) is 24.9. The molecule has 0 radical (unpaired) electrons. The third-order valence-electron chi connectivity index (χ3n) is 6.06. The first-order valence-corrected chi connectivity index (χ1v) is 11.3. The average Bonchev–Trinajstić information content (AvgIpc) is 3.44. The van der Waals surface area contributed by atoms with E-state index in [2.05, 4.69) is 15.3 Å². The minimum Gasteiger partial charge on any atom is -0.487 e. The van der Waals surface area contributed by atoms with Crippen molar-refractivity contribution >= 4 is 39.1 Å². The number of hydrogen-bond acceptors (Lipinski definition) is 7. The van der Waals surface area contributed by atoms with E-state index in [1.165, 1.54) is 0 Å². The smallest absolute Gasteiger partial charge is 0.210 e. The van der Waals surface area contributed by atoms with E-state index < -0.39 is 5.60 Å². The van der Waals surface area contributed by atoms with Gasteiger partial charge in [-0.2, -0.15) is 0 Å². The number of ether oxygens (including phenoxy) is 2. The van der Waals surface area contributed by atoms with Crippen LogP contribution >= 0.6 is 0 Å². The summed E-state index contributed by atoms with van der Waals surface area (Å²) in [5.41, 5.74) is 4.06. The Morgan fingerprint density at radius 1 is 0.829 bits per heavy atom. The first-order valence-electron chi connectivity index (χ1n) is 11.3. The van der Waals surface area contributed by atoms with Crippen LogP contribution in [0.3, 0.4) is 0 Å². The van der Waals surface area contributed by atoms with Crippen molar-refractivity contribution in [3.05, 3.63) is 95.7 Å². The zero-order valence-corrected chi connectivity index (χ0v) is 19.2. The fraction of sp³-hybridized carbons (Fsp3) is 0.143. The number of ketones is 1. The van der Waals surface area contributed by atoms with Gasteiger partial charge in [-0.05, 0) is 72.2 Å². The Morgan fingerprint density at radius 3 is 2.46 bits per heavy atom. The zero-order valence-electron chi connectivity index (χ0n) is 19.2. The monoisotopic (exact) mass is 463 g/mol. The summed E-state index contributed by atoms with van der Waals surface area (Å²) in [5.74, 6) is 1.12. The van der Waals surface area contributed by atoms with Crippen molar-refractivity contribution in [2.24, 2.45) is 0 Å². The molecule has 0 saturated heterocycles. The molecule has 0 atom stereocenters. The molecule has 7 nitrogen and oxygen atoms in total. The first-order chi connectivity index (χ1) is 17.0. The van der Waals surface area contributed by atoms with Crippen LogP contribution in [0.1, 0.15) is 30.7 Å². The highest BCUT2D eigenvalue weighted by atomic mass is 16.6. The van der Waals surface area contributed by atoms with Crippen LogP contribution in [0, 0.1) is 0 Å². The van der Waals surface area contributed by atoms with E-state index >= 15 is 0 Å². The SMILES string of the molecule is CC1(C)OC(c2ccc3nonc3c2)=C(c2ccc(OCc3ccc4ccccc4n3)cc2)C1=O. The second kappa shape index (κ2) is 8.06. The Kier molecular flexibility index (Phi) is 4.84. The van der Waals surface area contributed by atoms with Gasteiger partial charge in [-0.25, -0.2) is 9.61 Å². The molecular weight excluding hydrogens is 442 g/mol. The normalized spacial score (nSPS) is 15.1. The van der Waals surface area contributed by atoms with Gasteiger partial charge < -0.3 is 9.47 Å². The quantitative estimate of drug-likeness (QED) is 0.335. The highest BCUT2D eigenvalue weighted by molar-refractivity contribution is 6.32. The van der Waals surface area contributed by atoms with Crippen molar-refractivity contribution in [2.75, 3.05) is 0 Å². The minimum atomic E-state index is -0.974. The molecule has 0 bridgehead atoms. The van der Waals surface area contributed by atoms with Crippen LogP contribution in [0.15, 0.2) is 83.5 Å². The largest absolute Gasteiger partial charge is 0.487 e. The molecule has 0 fully saturated rings. The lowest BCUT2D eigenvalue weighted by Crippen LogP contribution is -2.29. The van der Waals surface area contributed by atoms with Gasteiger partial charge in [0.25, 0.3) is 0 Å². The molecule has 0 aliphatic carbocycles. The number of fused-ring (bicyclic) bond motifs is 2. The maximum atomic E-state index is 13.3. The number of carbonyl (C=O) groups is 1. The molecule has 0 amide bonds. The summed E-state index contributed by atoms with van der Waals surface area (Å²) >= 11 is 0. The van der Waals surface area contributed by atoms with E-state index in [0.717, 1.165) is 27.7 Å². The number of hydrogen-bond donors (Lipinski definition) is 0. The molecule has 2 aromatic heterocycles. The number of pyridine rings is 1.